The molecule has 0 fully saturated rings. The van der Waals surface area contributed by atoms with Gasteiger partial charge in [-0.3, -0.25) is 4.57 Å². The molecule has 0 aliphatic carbocycles. The van der Waals surface area contributed by atoms with Crippen molar-refractivity contribution >= 4 is 39.0 Å². The number of nitrogens with zero attached hydrogens (tertiary/aromatic N) is 5. The molecule has 244 valence electrons. The summed E-state index contributed by atoms with van der Waals surface area (Å²) >= 11 is 0. The van der Waals surface area contributed by atoms with Gasteiger partial charge in [0.1, 0.15) is 23.0 Å². The molecule has 0 bridgehead atoms. The van der Waals surface area contributed by atoms with Crippen molar-refractivity contribution in [3.8, 4) is 28.4 Å². The monoisotopic (exact) mass is 646 g/mol. The van der Waals surface area contributed by atoms with Gasteiger partial charge in [0.2, 0.25) is 0 Å². The smallest absolute Gasteiger partial charge is 0.146 e. The number of ether oxygens (including phenoxy) is 1. The number of aromatic nitrogens is 3. The van der Waals surface area contributed by atoms with E-state index in [0.29, 0.717) is 17.2 Å². The number of hydrogen-bond acceptors (Lipinski definition) is 5. The zero-order valence-corrected chi connectivity index (χ0v) is 28.7. The molecule has 0 unspecified atom stereocenters. The molecular weight excluding hydrogens is 603 g/mol. The van der Waals surface area contributed by atoms with Crippen LogP contribution >= 0.6 is 0 Å². The molecule has 0 amide bonds. The molecule has 4 heterocycles. The van der Waals surface area contributed by atoms with Gasteiger partial charge in [-0.1, -0.05) is 50.6 Å². The molecule has 49 heavy (non-hydrogen) atoms. The number of pyridine rings is 2. The second kappa shape index (κ2) is 11.5. The number of fused-ring (bicyclic) bond motifs is 4. The van der Waals surface area contributed by atoms with Crippen LogP contribution < -0.4 is 14.5 Å². The van der Waals surface area contributed by atoms with Crippen LogP contribution in [0.25, 0.3) is 38.9 Å². The summed E-state index contributed by atoms with van der Waals surface area (Å²) in [4.78, 5) is 13.1. The van der Waals surface area contributed by atoms with Gasteiger partial charge in [-0.2, -0.15) is 0 Å². The Labute approximate surface area is 292 Å². The Bertz CT molecular complexity index is 2490. The first kappa shape index (κ1) is 27.3. The molecule has 3 aromatic heterocycles. The van der Waals surface area contributed by atoms with Crippen molar-refractivity contribution in [2.75, 3.05) is 23.4 Å². The second-order valence-corrected chi connectivity index (χ2v) is 14.1. The maximum absolute atomic E-state index is 8.28. The van der Waals surface area contributed by atoms with Crippen molar-refractivity contribution in [1.29, 1.82) is 0 Å². The largest absolute Gasteiger partial charge is 0.457 e. The van der Waals surface area contributed by atoms with Crippen LogP contribution in [0.15, 0.2) is 109 Å². The number of aryl methyl sites for hydroxylation is 3. The molecule has 0 saturated carbocycles. The van der Waals surface area contributed by atoms with Crippen molar-refractivity contribution in [3.63, 3.8) is 0 Å². The van der Waals surface area contributed by atoms with Gasteiger partial charge in [0.15, 0.2) is 0 Å². The van der Waals surface area contributed by atoms with Crippen molar-refractivity contribution in [2.45, 2.75) is 47.0 Å². The zero-order valence-electron chi connectivity index (χ0n) is 31.7. The third kappa shape index (κ3) is 5.38. The van der Waals surface area contributed by atoms with E-state index in [2.05, 4.69) is 106 Å². The fraction of sp³-hybridized carbons (Fsp3) is 0.209. The Hall–Kier alpha value is -5.62. The van der Waals surface area contributed by atoms with Crippen LogP contribution in [-0.4, -0.2) is 28.2 Å². The van der Waals surface area contributed by atoms with E-state index in [1.54, 1.807) is 0 Å². The molecule has 8 rings (SSSR count). The lowest BCUT2D eigenvalue weighted by Crippen LogP contribution is -2.24. The lowest BCUT2D eigenvalue weighted by molar-refractivity contribution is 0.483. The van der Waals surface area contributed by atoms with Crippen LogP contribution in [0.2, 0.25) is 0 Å². The number of hydrogen-bond donors (Lipinski definition) is 0. The van der Waals surface area contributed by atoms with Crippen molar-refractivity contribution in [2.24, 2.45) is 0 Å². The van der Waals surface area contributed by atoms with Gasteiger partial charge in [0.05, 0.1) is 23.6 Å². The SMILES string of the molecule is [2H]C([2H])([2H])N1CN(c2cc(Oc3ccc4c5cccnc5n(-c5cc(C(C)(C)C)ccn5)c4c3)cc(-c3c(C)cc(C)cc3C)c2)c2ccccc21. The first-order valence-corrected chi connectivity index (χ1v) is 16.7. The molecule has 1 aliphatic heterocycles. The summed E-state index contributed by atoms with van der Waals surface area (Å²) in [6, 6.07) is 32.7. The van der Waals surface area contributed by atoms with Crippen LogP contribution in [0.4, 0.5) is 17.1 Å². The molecule has 0 radical (unpaired) electrons. The van der Waals surface area contributed by atoms with Gasteiger partial charge in [0, 0.05) is 52.1 Å². The van der Waals surface area contributed by atoms with Crippen LogP contribution in [0.5, 0.6) is 11.5 Å². The van der Waals surface area contributed by atoms with E-state index in [9.17, 15) is 0 Å². The maximum Gasteiger partial charge on any atom is 0.146 e. The quantitative estimate of drug-likeness (QED) is 0.186. The minimum atomic E-state index is -2.30. The molecule has 1 aliphatic rings. The van der Waals surface area contributed by atoms with E-state index < -0.39 is 6.98 Å². The van der Waals surface area contributed by atoms with Gasteiger partial charge in [-0.15, -0.1) is 0 Å². The highest BCUT2D eigenvalue weighted by molar-refractivity contribution is 6.08. The van der Waals surface area contributed by atoms with Crippen molar-refractivity contribution in [3.05, 3.63) is 132 Å². The third-order valence-electron chi connectivity index (χ3n) is 9.49. The van der Waals surface area contributed by atoms with Gasteiger partial charge in [0.25, 0.3) is 0 Å². The van der Waals surface area contributed by atoms with Gasteiger partial charge >= 0.3 is 0 Å². The van der Waals surface area contributed by atoms with E-state index in [1.165, 1.54) is 16.0 Å². The first-order chi connectivity index (χ1) is 24.8. The predicted octanol–water partition coefficient (Wildman–Crippen LogP) is 10.8. The minimum absolute atomic E-state index is 0.0502. The van der Waals surface area contributed by atoms with Gasteiger partial charge in [-0.05, 0) is 115 Å². The molecule has 0 N–H and O–H groups in total. The van der Waals surface area contributed by atoms with E-state index in [1.807, 2.05) is 54.9 Å². The third-order valence-corrected chi connectivity index (χ3v) is 9.49. The molecule has 0 spiro atoms. The molecule has 6 nitrogen and oxygen atoms in total. The maximum atomic E-state index is 8.28. The summed E-state index contributed by atoms with van der Waals surface area (Å²) in [5.41, 5.74) is 10.9. The summed E-state index contributed by atoms with van der Waals surface area (Å²) < 4.78 is 33.7. The fourth-order valence-electron chi connectivity index (χ4n) is 7.28. The summed E-state index contributed by atoms with van der Waals surface area (Å²) in [5, 5.41) is 2.09. The van der Waals surface area contributed by atoms with Crippen molar-refractivity contribution < 1.29 is 8.85 Å². The molecule has 7 aromatic rings. The highest BCUT2D eigenvalue weighted by Gasteiger charge is 2.26. The molecule has 0 saturated heterocycles. The fourth-order valence-corrected chi connectivity index (χ4v) is 7.28. The summed E-state index contributed by atoms with van der Waals surface area (Å²) in [6.45, 7) is 10.9. The number of anilines is 3. The Morgan fingerprint density at radius 3 is 2.31 bits per heavy atom. The second-order valence-electron chi connectivity index (χ2n) is 14.1. The van der Waals surface area contributed by atoms with Crippen LogP contribution in [-0.2, 0) is 5.41 Å². The van der Waals surface area contributed by atoms with E-state index in [4.69, 9.17) is 18.8 Å². The minimum Gasteiger partial charge on any atom is -0.457 e. The van der Waals surface area contributed by atoms with Crippen LogP contribution in [0.1, 0.15) is 47.1 Å². The normalized spacial score (nSPS) is 14.2. The number of para-hydroxylation sites is 2. The van der Waals surface area contributed by atoms with Gasteiger partial charge in [-0.25, -0.2) is 9.97 Å². The predicted molar refractivity (Wildman–Crippen MR) is 203 cm³/mol. The van der Waals surface area contributed by atoms with Crippen molar-refractivity contribution in [1.82, 2.24) is 14.5 Å². The average Bonchev–Trinajstić information content (AvgIpc) is 3.64. The summed E-state index contributed by atoms with van der Waals surface area (Å²) in [7, 11) is 0. The van der Waals surface area contributed by atoms with Crippen LogP contribution in [0, 0.1) is 20.8 Å². The Balaban J connectivity index is 1.28. The zero-order chi connectivity index (χ0) is 36.5. The summed E-state index contributed by atoms with van der Waals surface area (Å²) in [6.07, 6.45) is 3.68. The molecule has 0 atom stereocenters. The average molecular weight is 647 g/mol. The highest BCUT2D eigenvalue weighted by atomic mass is 16.5. The molecular formula is C43H41N5O. The van der Waals surface area contributed by atoms with E-state index >= 15 is 0 Å². The molecule has 6 heteroatoms. The lowest BCUT2D eigenvalue weighted by Gasteiger charge is -2.22. The Morgan fingerprint density at radius 2 is 1.53 bits per heavy atom. The first-order valence-electron chi connectivity index (χ1n) is 18.2. The summed E-state index contributed by atoms with van der Waals surface area (Å²) in [5.74, 6) is 2.10. The Kier molecular flexibility index (Phi) is 6.43. The number of benzene rings is 4. The standard InChI is InChI=1S/C43H41N5O/c1-27-19-28(2)41(29(3)20-27)30-21-32(47-26-46(7)37-12-8-9-13-38(37)47)24-34(22-30)49-33-14-15-35-36-11-10-17-45-42(36)48(39(35)25-33)40-23-31(16-18-44-40)43(4,5)6/h8-25H,26H2,1-7H3/i7D3. The highest BCUT2D eigenvalue weighted by Crippen LogP contribution is 2.44. The molecule has 4 aromatic carbocycles. The van der Waals surface area contributed by atoms with Crippen LogP contribution in [0.3, 0.4) is 0 Å². The lowest BCUT2D eigenvalue weighted by atomic mass is 9.88. The topological polar surface area (TPSA) is 46.4 Å². The number of rotatable bonds is 5. The Morgan fingerprint density at radius 1 is 0.735 bits per heavy atom. The van der Waals surface area contributed by atoms with E-state index in [0.717, 1.165) is 61.4 Å². The van der Waals surface area contributed by atoms with Gasteiger partial charge < -0.3 is 14.5 Å². The van der Waals surface area contributed by atoms with E-state index in [-0.39, 0.29) is 12.1 Å².